The van der Waals surface area contributed by atoms with Gasteiger partial charge in [0.1, 0.15) is 0 Å². The Morgan fingerprint density at radius 3 is 2.55 bits per heavy atom. The zero-order valence-electron chi connectivity index (χ0n) is 10.3. The summed E-state index contributed by atoms with van der Waals surface area (Å²) in [5.74, 6) is -2.35. The van der Waals surface area contributed by atoms with Crippen LogP contribution in [0, 0.1) is 0 Å². The van der Waals surface area contributed by atoms with Crippen molar-refractivity contribution in [2.75, 3.05) is 16.8 Å². The number of benzene rings is 1. The zero-order chi connectivity index (χ0) is 15.1. The summed E-state index contributed by atoms with van der Waals surface area (Å²) in [7, 11) is 0. The van der Waals surface area contributed by atoms with Gasteiger partial charge in [-0.2, -0.15) is 13.2 Å². The molecule has 2 amide bonds. The molecule has 1 N–H and O–H groups in total. The Morgan fingerprint density at radius 2 is 2.00 bits per heavy atom. The predicted molar refractivity (Wildman–Crippen MR) is 70.6 cm³/mol. The van der Waals surface area contributed by atoms with Gasteiger partial charge in [-0.25, -0.2) is 0 Å². The van der Waals surface area contributed by atoms with Gasteiger partial charge in [0, 0.05) is 17.9 Å². The molecule has 0 spiro atoms. The SMILES string of the molecule is CC(=O)Nc1cc(Br)cc2c1N(C(=O)C(F)(F)F)CC2. The second-order valence-electron chi connectivity index (χ2n) is 4.35. The average Bonchev–Trinajstić information content (AvgIpc) is 2.69. The lowest BCUT2D eigenvalue weighted by Crippen LogP contribution is -2.40. The number of carbonyl (C=O) groups is 2. The molecule has 0 fully saturated rings. The standard InChI is InChI=1S/C12H10BrF3N2O2/c1-6(19)17-9-5-8(13)4-7-2-3-18(10(7)9)11(20)12(14,15)16/h4-5H,2-3H2,1H3,(H,17,19). The highest BCUT2D eigenvalue weighted by Crippen LogP contribution is 2.40. The number of anilines is 2. The molecule has 8 heteroatoms. The highest BCUT2D eigenvalue weighted by Gasteiger charge is 2.45. The molecule has 0 unspecified atom stereocenters. The lowest BCUT2D eigenvalue weighted by molar-refractivity contribution is -0.170. The smallest absolute Gasteiger partial charge is 0.324 e. The Morgan fingerprint density at radius 1 is 1.35 bits per heavy atom. The molecule has 0 saturated carbocycles. The molecule has 0 aliphatic carbocycles. The van der Waals surface area contributed by atoms with Crippen molar-refractivity contribution < 1.29 is 22.8 Å². The fourth-order valence-electron chi connectivity index (χ4n) is 2.15. The molecule has 0 saturated heterocycles. The van der Waals surface area contributed by atoms with Crippen LogP contribution < -0.4 is 10.2 Å². The van der Waals surface area contributed by atoms with E-state index < -0.39 is 18.0 Å². The van der Waals surface area contributed by atoms with E-state index in [2.05, 4.69) is 21.2 Å². The van der Waals surface area contributed by atoms with Crippen molar-refractivity contribution in [3.8, 4) is 0 Å². The maximum atomic E-state index is 12.6. The fraction of sp³-hybridized carbons (Fsp3) is 0.333. The molecule has 1 aliphatic heterocycles. The monoisotopic (exact) mass is 350 g/mol. The van der Waals surface area contributed by atoms with E-state index in [1.807, 2.05) is 0 Å². The average molecular weight is 351 g/mol. The molecule has 1 aliphatic rings. The van der Waals surface area contributed by atoms with E-state index in [9.17, 15) is 22.8 Å². The maximum Gasteiger partial charge on any atom is 0.471 e. The second kappa shape index (κ2) is 5.08. The minimum absolute atomic E-state index is 0.0588. The van der Waals surface area contributed by atoms with Crippen molar-refractivity contribution in [1.29, 1.82) is 0 Å². The lowest BCUT2D eigenvalue weighted by Gasteiger charge is -2.21. The first kappa shape index (κ1) is 14.8. The third-order valence-corrected chi connectivity index (χ3v) is 3.28. The van der Waals surface area contributed by atoms with Gasteiger partial charge >= 0.3 is 12.1 Å². The van der Waals surface area contributed by atoms with Crippen LogP contribution in [0.4, 0.5) is 24.5 Å². The van der Waals surface area contributed by atoms with Gasteiger partial charge in [0.25, 0.3) is 0 Å². The van der Waals surface area contributed by atoms with E-state index in [4.69, 9.17) is 0 Å². The van der Waals surface area contributed by atoms with Gasteiger partial charge in [0.15, 0.2) is 0 Å². The first-order valence-corrected chi connectivity index (χ1v) is 6.48. The van der Waals surface area contributed by atoms with E-state index in [1.54, 1.807) is 6.07 Å². The Kier molecular flexibility index (Phi) is 3.77. The molecular weight excluding hydrogens is 341 g/mol. The molecule has 0 atom stereocenters. The topological polar surface area (TPSA) is 49.4 Å². The van der Waals surface area contributed by atoms with Crippen LogP contribution in [0.15, 0.2) is 16.6 Å². The van der Waals surface area contributed by atoms with E-state index in [1.165, 1.54) is 13.0 Å². The number of fused-ring (bicyclic) bond motifs is 1. The normalized spacial score (nSPS) is 14.2. The molecule has 0 aromatic heterocycles. The lowest BCUT2D eigenvalue weighted by atomic mass is 10.1. The van der Waals surface area contributed by atoms with Crippen LogP contribution >= 0.6 is 15.9 Å². The Hall–Kier alpha value is -1.57. The zero-order valence-corrected chi connectivity index (χ0v) is 11.9. The molecule has 0 radical (unpaired) electrons. The number of hydrogen-bond acceptors (Lipinski definition) is 2. The number of nitrogens with zero attached hydrogens (tertiary/aromatic N) is 1. The van der Waals surface area contributed by atoms with Crippen molar-refractivity contribution >= 4 is 39.1 Å². The molecule has 1 aromatic rings. The third-order valence-electron chi connectivity index (χ3n) is 2.83. The largest absolute Gasteiger partial charge is 0.471 e. The number of carbonyl (C=O) groups excluding carboxylic acids is 2. The summed E-state index contributed by atoms with van der Waals surface area (Å²) in [4.78, 5) is 23.2. The number of amides is 2. The maximum absolute atomic E-state index is 12.6. The number of hydrogen-bond donors (Lipinski definition) is 1. The quantitative estimate of drug-likeness (QED) is 0.846. The van der Waals surface area contributed by atoms with Gasteiger partial charge < -0.3 is 10.2 Å². The second-order valence-corrected chi connectivity index (χ2v) is 5.26. The Labute approximate surface area is 121 Å². The van der Waals surface area contributed by atoms with Crippen molar-refractivity contribution in [1.82, 2.24) is 0 Å². The van der Waals surface area contributed by atoms with Crippen molar-refractivity contribution in [3.05, 3.63) is 22.2 Å². The Balaban J connectivity index is 2.49. The molecule has 1 aromatic carbocycles. The van der Waals surface area contributed by atoms with E-state index >= 15 is 0 Å². The van der Waals surface area contributed by atoms with Crippen LogP contribution in [0.3, 0.4) is 0 Å². The van der Waals surface area contributed by atoms with Gasteiger partial charge in [0.05, 0.1) is 11.4 Å². The molecular formula is C12H10BrF3N2O2. The van der Waals surface area contributed by atoms with Crippen molar-refractivity contribution in [2.45, 2.75) is 19.5 Å². The molecule has 0 bridgehead atoms. The van der Waals surface area contributed by atoms with E-state index in [0.29, 0.717) is 21.4 Å². The molecule has 1 heterocycles. The first-order chi connectivity index (χ1) is 9.20. The Bertz CT molecular complexity index is 587. The molecule has 4 nitrogen and oxygen atoms in total. The van der Waals surface area contributed by atoms with Crippen LogP contribution in [0.2, 0.25) is 0 Å². The van der Waals surface area contributed by atoms with Crippen molar-refractivity contribution in [3.63, 3.8) is 0 Å². The number of alkyl halides is 3. The fourth-order valence-corrected chi connectivity index (χ4v) is 2.66. The van der Waals surface area contributed by atoms with Crippen LogP contribution in [0.25, 0.3) is 0 Å². The first-order valence-electron chi connectivity index (χ1n) is 5.69. The minimum atomic E-state index is -4.94. The minimum Gasteiger partial charge on any atom is -0.324 e. The molecule has 2 rings (SSSR count). The highest BCUT2D eigenvalue weighted by atomic mass is 79.9. The van der Waals surface area contributed by atoms with Crippen LogP contribution in [-0.4, -0.2) is 24.5 Å². The highest BCUT2D eigenvalue weighted by molar-refractivity contribution is 9.10. The van der Waals surface area contributed by atoms with Gasteiger partial charge in [0.2, 0.25) is 5.91 Å². The number of rotatable bonds is 1. The predicted octanol–water partition coefficient (Wildman–Crippen LogP) is 2.86. The van der Waals surface area contributed by atoms with Gasteiger partial charge in [-0.15, -0.1) is 0 Å². The summed E-state index contributed by atoms with van der Waals surface area (Å²) in [6, 6.07) is 3.12. The van der Waals surface area contributed by atoms with Gasteiger partial charge in [-0.3, -0.25) is 9.59 Å². The summed E-state index contributed by atoms with van der Waals surface area (Å²) >= 11 is 3.23. The number of nitrogens with one attached hydrogen (secondary N) is 1. The van der Waals surface area contributed by atoms with Gasteiger partial charge in [-0.1, -0.05) is 15.9 Å². The van der Waals surface area contributed by atoms with Crippen LogP contribution in [0.1, 0.15) is 12.5 Å². The van der Waals surface area contributed by atoms with Crippen LogP contribution in [-0.2, 0) is 16.0 Å². The summed E-state index contributed by atoms with van der Waals surface area (Å²) < 4.78 is 38.4. The van der Waals surface area contributed by atoms with E-state index in [0.717, 1.165) is 0 Å². The molecule has 20 heavy (non-hydrogen) atoms. The summed E-state index contributed by atoms with van der Waals surface area (Å²) in [6.45, 7) is 1.19. The van der Waals surface area contributed by atoms with E-state index in [-0.39, 0.29) is 17.9 Å². The van der Waals surface area contributed by atoms with Gasteiger partial charge in [-0.05, 0) is 24.1 Å². The summed E-state index contributed by atoms with van der Waals surface area (Å²) in [5.41, 5.74) is 0.892. The molecule has 108 valence electrons. The number of halogens is 4. The summed E-state index contributed by atoms with van der Waals surface area (Å²) in [6.07, 6.45) is -4.63. The van der Waals surface area contributed by atoms with Crippen molar-refractivity contribution in [2.24, 2.45) is 0 Å². The van der Waals surface area contributed by atoms with Crippen LogP contribution in [0.5, 0.6) is 0 Å². The third kappa shape index (κ3) is 2.79. The summed E-state index contributed by atoms with van der Waals surface area (Å²) in [5, 5.41) is 2.45.